The van der Waals surface area contributed by atoms with E-state index in [0.29, 0.717) is 5.76 Å². The van der Waals surface area contributed by atoms with E-state index in [2.05, 4.69) is 16.6 Å². The molecule has 2 aromatic rings. The lowest BCUT2D eigenvalue weighted by Gasteiger charge is -1.95. The standard InChI is InChI=1S/C15H12ClN3O/c1-2-5-12(9-18-15(16)19-10-17)14-8-11-6-3-4-7-13(11)20-14/h2-10,17H,1H2/b12-5-,17-10?,18-9?,19-15?. The molecule has 0 aliphatic rings. The fraction of sp³-hybridized carbons (Fsp3) is 0. The van der Waals surface area contributed by atoms with Crippen molar-refractivity contribution in [3.8, 4) is 0 Å². The maximum absolute atomic E-state index is 6.82. The van der Waals surface area contributed by atoms with E-state index in [0.717, 1.165) is 22.9 Å². The average Bonchev–Trinajstić information content (AvgIpc) is 2.87. The van der Waals surface area contributed by atoms with Gasteiger partial charge in [-0.25, -0.2) is 9.98 Å². The highest BCUT2D eigenvalue weighted by Crippen LogP contribution is 2.23. The van der Waals surface area contributed by atoms with Gasteiger partial charge in [-0.2, -0.15) is 0 Å². The number of benzene rings is 1. The predicted molar refractivity (Wildman–Crippen MR) is 85.0 cm³/mol. The molecule has 0 atom stereocenters. The number of para-hydroxylation sites is 1. The molecule has 0 bridgehead atoms. The third-order valence-corrected chi connectivity index (χ3v) is 2.68. The summed E-state index contributed by atoms with van der Waals surface area (Å²) in [6, 6.07) is 9.63. The van der Waals surface area contributed by atoms with Gasteiger partial charge in [0.1, 0.15) is 17.7 Å². The van der Waals surface area contributed by atoms with Crippen LogP contribution in [-0.2, 0) is 0 Å². The van der Waals surface area contributed by atoms with E-state index in [1.165, 1.54) is 6.21 Å². The smallest absolute Gasteiger partial charge is 0.223 e. The summed E-state index contributed by atoms with van der Waals surface area (Å²) in [5, 5.41) is 7.80. The van der Waals surface area contributed by atoms with E-state index in [1.807, 2.05) is 30.3 Å². The van der Waals surface area contributed by atoms with E-state index in [9.17, 15) is 0 Å². The van der Waals surface area contributed by atoms with Crippen molar-refractivity contribution in [2.75, 3.05) is 0 Å². The van der Waals surface area contributed by atoms with Crippen molar-refractivity contribution in [2.24, 2.45) is 9.98 Å². The summed E-state index contributed by atoms with van der Waals surface area (Å²) < 4.78 is 5.74. The zero-order chi connectivity index (χ0) is 14.4. The topological polar surface area (TPSA) is 61.7 Å². The van der Waals surface area contributed by atoms with Gasteiger partial charge >= 0.3 is 0 Å². The molecule has 0 aliphatic heterocycles. The van der Waals surface area contributed by atoms with Crippen LogP contribution in [0.3, 0.4) is 0 Å². The maximum Gasteiger partial charge on any atom is 0.223 e. The van der Waals surface area contributed by atoms with E-state index in [1.54, 1.807) is 12.2 Å². The largest absolute Gasteiger partial charge is 0.456 e. The van der Waals surface area contributed by atoms with Crippen molar-refractivity contribution in [2.45, 2.75) is 0 Å². The van der Waals surface area contributed by atoms with E-state index in [4.69, 9.17) is 21.4 Å². The lowest BCUT2D eigenvalue weighted by atomic mass is 10.2. The first-order valence-corrected chi connectivity index (χ1v) is 6.20. The number of amidine groups is 1. The molecule has 1 N–H and O–H groups in total. The minimum Gasteiger partial charge on any atom is -0.456 e. The van der Waals surface area contributed by atoms with Gasteiger partial charge in [-0.15, -0.1) is 0 Å². The van der Waals surface area contributed by atoms with Crippen LogP contribution in [0.2, 0.25) is 0 Å². The molecule has 0 aliphatic carbocycles. The Balaban J connectivity index is 2.38. The lowest BCUT2D eigenvalue weighted by Crippen LogP contribution is -1.87. The van der Waals surface area contributed by atoms with Gasteiger partial charge in [0.25, 0.3) is 0 Å². The number of aliphatic imine (C=N–C) groups is 2. The second-order valence-electron chi connectivity index (χ2n) is 3.79. The summed E-state index contributed by atoms with van der Waals surface area (Å²) in [7, 11) is 0. The van der Waals surface area contributed by atoms with E-state index in [-0.39, 0.29) is 5.29 Å². The predicted octanol–water partition coefficient (Wildman–Crippen LogP) is 4.27. The average molecular weight is 286 g/mol. The van der Waals surface area contributed by atoms with Gasteiger partial charge in [0.15, 0.2) is 0 Å². The summed E-state index contributed by atoms with van der Waals surface area (Å²) in [6.07, 6.45) is 5.75. The molecule has 5 heteroatoms. The fourth-order valence-corrected chi connectivity index (χ4v) is 1.75. The Morgan fingerprint density at radius 3 is 2.85 bits per heavy atom. The molecule has 4 nitrogen and oxygen atoms in total. The first-order valence-electron chi connectivity index (χ1n) is 5.82. The molecular weight excluding hydrogens is 274 g/mol. The number of nitrogens with zero attached hydrogens (tertiary/aromatic N) is 2. The summed E-state index contributed by atoms with van der Waals surface area (Å²) in [5.74, 6) is 0.661. The number of hydrogen-bond acceptors (Lipinski definition) is 2. The lowest BCUT2D eigenvalue weighted by molar-refractivity contribution is 0.602. The van der Waals surface area contributed by atoms with Crippen LogP contribution in [0.15, 0.2) is 63.5 Å². The molecule has 0 spiro atoms. The Hall–Kier alpha value is -2.46. The van der Waals surface area contributed by atoms with Gasteiger partial charge in [-0.05, 0) is 23.7 Å². The van der Waals surface area contributed by atoms with Crippen molar-refractivity contribution in [1.82, 2.24) is 0 Å². The number of fused-ring (bicyclic) bond motifs is 1. The monoisotopic (exact) mass is 285 g/mol. The zero-order valence-corrected chi connectivity index (χ0v) is 11.3. The summed E-state index contributed by atoms with van der Waals surface area (Å²) in [6.45, 7) is 3.66. The van der Waals surface area contributed by atoms with Crippen LogP contribution in [-0.4, -0.2) is 17.8 Å². The van der Waals surface area contributed by atoms with Crippen molar-refractivity contribution >= 4 is 46.0 Å². The van der Waals surface area contributed by atoms with Crippen LogP contribution in [0, 0.1) is 5.41 Å². The minimum absolute atomic E-state index is 0.0222. The number of rotatable bonds is 4. The molecule has 100 valence electrons. The number of nitrogens with one attached hydrogen (secondary N) is 1. The summed E-state index contributed by atoms with van der Waals surface area (Å²) in [5.41, 5.74) is 1.51. The van der Waals surface area contributed by atoms with Crippen molar-refractivity contribution in [3.63, 3.8) is 0 Å². The molecule has 0 unspecified atom stereocenters. The van der Waals surface area contributed by atoms with Crippen LogP contribution >= 0.6 is 11.6 Å². The van der Waals surface area contributed by atoms with E-state index >= 15 is 0 Å². The third-order valence-electron chi connectivity index (χ3n) is 2.49. The molecule has 0 saturated carbocycles. The van der Waals surface area contributed by atoms with Crippen LogP contribution in [0.4, 0.5) is 0 Å². The molecule has 1 aromatic heterocycles. The van der Waals surface area contributed by atoms with Crippen LogP contribution in [0.5, 0.6) is 0 Å². The highest BCUT2D eigenvalue weighted by atomic mass is 35.5. The molecule has 20 heavy (non-hydrogen) atoms. The Morgan fingerprint density at radius 1 is 1.35 bits per heavy atom. The van der Waals surface area contributed by atoms with Crippen LogP contribution in [0.1, 0.15) is 5.76 Å². The SMILES string of the molecule is C=C/C=C(/C=NC(Cl)=NC=N)c1cc2ccccc2o1. The van der Waals surface area contributed by atoms with Crippen LogP contribution in [0.25, 0.3) is 16.5 Å². The van der Waals surface area contributed by atoms with Crippen molar-refractivity contribution in [1.29, 1.82) is 5.41 Å². The third kappa shape index (κ3) is 3.30. The second kappa shape index (κ2) is 6.63. The normalized spacial score (nSPS) is 13.1. The maximum atomic E-state index is 6.82. The first kappa shape index (κ1) is 14.0. The van der Waals surface area contributed by atoms with Crippen LogP contribution < -0.4 is 0 Å². The molecule has 0 amide bonds. The Morgan fingerprint density at radius 2 is 2.15 bits per heavy atom. The van der Waals surface area contributed by atoms with Gasteiger partial charge in [-0.3, -0.25) is 5.41 Å². The van der Waals surface area contributed by atoms with E-state index < -0.39 is 0 Å². The van der Waals surface area contributed by atoms with Gasteiger partial charge < -0.3 is 4.42 Å². The number of hydrogen-bond donors (Lipinski definition) is 1. The second-order valence-corrected chi connectivity index (χ2v) is 4.13. The fourth-order valence-electron chi connectivity index (χ4n) is 1.65. The molecule has 1 heterocycles. The highest BCUT2D eigenvalue weighted by molar-refractivity contribution is 6.66. The van der Waals surface area contributed by atoms with Gasteiger partial charge in [0, 0.05) is 17.2 Å². The van der Waals surface area contributed by atoms with Gasteiger partial charge in [-0.1, -0.05) is 36.9 Å². The molecular formula is C15H12ClN3O. The Labute approximate surface area is 121 Å². The zero-order valence-electron chi connectivity index (χ0n) is 10.6. The van der Waals surface area contributed by atoms with Gasteiger partial charge in [0.2, 0.25) is 5.29 Å². The minimum atomic E-state index is -0.0222. The number of allylic oxidation sites excluding steroid dienone is 3. The number of halogens is 1. The molecule has 1 aromatic carbocycles. The molecule has 0 saturated heterocycles. The van der Waals surface area contributed by atoms with Crippen molar-refractivity contribution in [3.05, 3.63) is 54.8 Å². The number of furan rings is 1. The Bertz CT molecular complexity index is 693. The Kier molecular flexibility index (Phi) is 4.63. The summed E-state index contributed by atoms with van der Waals surface area (Å²) in [4.78, 5) is 7.48. The molecule has 0 fully saturated rings. The molecule has 2 rings (SSSR count). The van der Waals surface area contributed by atoms with Crippen molar-refractivity contribution < 1.29 is 4.42 Å². The summed E-state index contributed by atoms with van der Waals surface area (Å²) >= 11 is 5.71. The molecule has 0 radical (unpaired) electrons. The highest BCUT2D eigenvalue weighted by Gasteiger charge is 2.06. The first-order chi connectivity index (χ1) is 9.74. The van der Waals surface area contributed by atoms with Gasteiger partial charge in [0.05, 0.1) is 0 Å². The quantitative estimate of drug-likeness (QED) is 0.388.